The number of benzene rings is 1. The Morgan fingerprint density at radius 1 is 1.35 bits per heavy atom. The van der Waals surface area contributed by atoms with Gasteiger partial charge in [-0.15, -0.1) is 0 Å². The smallest absolute Gasteiger partial charge is 0.416 e. The summed E-state index contributed by atoms with van der Waals surface area (Å²) in [5.74, 6) is 0.00647. The number of methoxy groups -OCH3 is 1. The Morgan fingerprint density at radius 3 is 2.35 bits per heavy atom. The minimum absolute atomic E-state index is 0.00647. The molecule has 1 aliphatic carbocycles. The van der Waals surface area contributed by atoms with Crippen molar-refractivity contribution in [3.05, 3.63) is 28.3 Å². The SMILES string of the molecule is COc1cc(C(F)(F)F)c(C2(N)CC2)cc1Cl. The van der Waals surface area contributed by atoms with E-state index in [1.807, 2.05) is 0 Å². The van der Waals surface area contributed by atoms with Crippen LogP contribution in [0.25, 0.3) is 0 Å². The molecule has 0 aliphatic heterocycles. The molecule has 1 aromatic carbocycles. The molecule has 17 heavy (non-hydrogen) atoms. The van der Waals surface area contributed by atoms with Crippen LogP contribution in [0, 0.1) is 0 Å². The van der Waals surface area contributed by atoms with Crippen LogP contribution in [0.5, 0.6) is 5.75 Å². The van der Waals surface area contributed by atoms with E-state index < -0.39 is 17.3 Å². The van der Waals surface area contributed by atoms with Gasteiger partial charge < -0.3 is 10.5 Å². The van der Waals surface area contributed by atoms with E-state index in [0.29, 0.717) is 12.8 Å². The summed E-state index contributed by atoms with van der Waals surface area (Å²) in [6, 6.07) is 2.17. The second kappa shape index (κ2) is 3.78. The molecule has 1 fully saturated rings. The highest BCUT2D eigenvalue weighted by molar-refractivity contribution is 6.32. The Balaban J connectivity index is 2.61. The highest BCUT2D eigenvalue weighted by Gasteiger charge is 2.47. The zero-order chi connectivity index (χ0) is 12.8. The van der Waals surface area contributed by atoms with Gasteiger partial charge in [-0.1, -0.05) is 11.6 Å². The second-order valence-corrected chi connectivity index (χ2v) is 4.59. The molecular formula is C11H11ClF3NO. The predicted molar refractivity (Wildman–Crippen MR) is 58.1 cm³/mol. The van der Waals surface area contributed by atoms with E-state index in [0.717, 1.165) is 6.07 Å². The van der Waals surface area contributed by atoms with E-state index in [-0.39, 0.29) is 16.3 Å². The van der Waals surface area contributed by atoms with Crippen molar-refractivity contribution in [2.45, 2.75) is 24.6 Å². The van der Waals surface area contributed by atoms with Crippen LogP contribution in [0.1, 0.15) is 24.0 Å². The molecule has 0 saturated heterocycles. The van der Waals surface area contributed by atoms with Crippen LogP contribution >= 0.6 is 11.6 Å². The van der Waals surface area contributed by atoms with E-state index in [1.165, 1.54) is 13.2 Å². The third kappa shape index (κ3) is 2.21. The lowest BCUT2D eigenvalue weighted by atomic mass is 9.98. The van der Waals surface area contributed by atoms with Crippen molar-refractivity contribution in [2.75, 3.05) is 7.11 Å². The first-order chi connectivity index (χ1) is 7.78. The Hall–Kier alpha value is -0.940. The van der Waals surface area contributed by atoms with Crippen LogP contribution in [0.3, 0.4) is 0 Å². The predicted octanol–water partition coefficient (Wildman–Crippen LogP) is 3.32. The minimum Gasteiger partial charge on any atom is -0.495 e. The maximum atomic E-state index is 12.9. The van der Waals surface area contributed by atoms with E-state index in [9.17, 15) is 13.2 Å². The number of ether oxygens (including phenoxy) is 1. The number of rotatable bonds is 2. The highest BCUT2D eigenvalue weighted by atomic mass is 35.5. The van der Waals surface area contributed by atoms with E-state index >= 15 is 0 Å². The fraction of sp³-hybridized carbons (Fsp3) is 0.455. The molecule has 1 aromatic rings. The molecule has 0 bridgehead atoms. The van der Waals surface area contributed by atoms with Gasteiger partial charge in [0.2, 0.25) is 0 Å². The summed E-state index contributed by atoms with van der Waals surface area (Å²) in [6.07, 6.45) is -3.38. The molecule has 0 spiro atoms. The molecule has 0 heterocycles. The Labute approximate surface area is 102 Å². The molecule has 2 nitrogen and oxygen atoms in total. The summed E-state index contributed by atoms with van der Waals surface area (Å²) in [5.41, 5.74) is 4.22. The summed E-state index contributed by atoms with van der Waals surface area (Å²) >= 11 is 5.84. The summed E-state index contributed by atoms with van der Waals surface area (Å²) in [7, 11) is 1.27. The second-order valence-electron chi connectivity index (χ2n) is 4.19. The molecular weight excluding hydrogens is 255 g/mol. The third-order valence-corrected chi connectivity index (χ3v) is 3.22. The van der Waals surface area contributed by atoms with E-state index in [2.05, 4.69) is 0 Å². The summed E-state index contributed by atoms with van der Waals surface area (Å²) in [5, 5.41) is 0.146. The molecule has 6 heteroatoms. The quantitative estimate of drug-likeness (QED) is 0.890. The van der Waals surface area contributed by atoms with Gasteiger partial charge in [0.15, 0.2) is 0 Å². The normalized spacial score (nSPS) is 18.0. The summed E-state index contributed by atoms with van der Waals surface area (Å²) in [6.45, 7) is 0. The van der Waals surface area contributed by atoms with Gasteiger partial charge in [-0.25, -0.2) is 0 Å². The van der Waals surface area contributed by atoms with Gasteiger partial charge in [-0.3, -0.25) is 0 Å². The van der Waals surface area contributed by atoms with Crippen LogP contribution in [0.4, 0.5) is 13.2 Å². The van der Waals surface area contributed by atoms with Crippen LogP contribution in [-0.4, -0.2) is 7.11 Å². The van der Waals surface area contributed by atoms with Crippen LogP contribution in [-0.2, 0) is 11.7 Å². The molecule has 1 aliphatic rings. The van der Waals surface area contributed by atoms with Crippen molar-refractivity contribution >= 4 is 11.6 Å². The molecule has 0 unspecified atom stereocenters. The molecule has 0 amide bonds. The molecule has 0 atom stereocenters. The van der Waals surface area contributed by atoms with Crippen molar-refractivity contribution in [3.63, 3.8) is 0 Å². The number of nitrogens with two attached hydrogens (primary N) is 1. The lowest BCUT2D eigenvalue weighted by molar-refractivity contribution is -0.138. The Bertz CT molecular complexity index is 455. The maximum absolute atomic E-state index is 12.9. The summed E-state index contributed by atoms with van der Waals surface area (Å²) in [4.78, 5) is 0. The maximum Gasteiger partial charge on any atom is 0.416 e. The number of hydrogen-bond donors (Lipinski definition) is 1. The number of halogens is 4. The van der Waals surface area contributed by atoms with Gasteiger partial charge >= 0.3 is 6.18 Å². The molecule has 94 valence electrons. The highest BCUT2D eigenvalue weighted by Crippen LogP contribution is 2.49. The topological polar surface area (TPSA) is 35.2 Å². The third-order valence-electron chi connectivity index (χ3n) is 2.92. The van der Waals surface area contributed by atoms with Gasteiger partial charge in [0.05, 0.1) is 17.7 Å². The Kier molecular flexibility index (Phi) is 2.78. The first-order valence-electron chi connectivity index (χ1n) is 5.02. The fourth-order valence-electron chi connectivity index (χ4n) is 1.76. The van der Waals surface area contributed by atoms with Gasteiger partial charge in [0.25, 0.3) is 0 Å². The van der Waals surface area contributed by atoms with Crippen LogP contribution in [0.15, 0.2) is 12.1 Å². The Morgan fingerprint density at radius 2 is 1.94 bits per heavy atom. The molecule has 1 saturated carbocycles. The monoisotopic (exact) mass is 265 g/mol. The lowest BCUT2D eigenvalue weighted by Gasteiger charge is -2.19. The van der Waals surface area contributed by atoms with Gasteiger partial charge in [-0.2, -0.15) is 13.2 Å². The van der Waals surface area contributed by atoms with Gasteiger partial charge in [0, 0.05) is 5.54 Å². The average Bonchev–Trinajstić information content (AvgIpc) is 2.95. The standard InChI is InChI=1S/C11H11ClF3NO/c1-17-9-5-7(11(13,14)15)6(4-8(9)12)10(16)2-3-10/h4-5H,2-3,16H2,1H3. The van der Waals surface area contributed by atoms with Gasteiger partial charge in [0.1, 0.15) is 5.75 Å². The summed E-state index contributed by atoms with van der Waals surface area (Å²) < 4.78 is 43.5. The van der Waals surface area contributed by atoms with Crippen LogP contribution in [0.2, 0.25) is 5.02 Å². The number of hydrogen-bond acceptors (Lipinski definition) is 2. The molecule has 2 rings (SSSR count). The average molecular weight is 266 g/mol. The fourth-order valence-corrected chi connectivity index (χ4v) is 2.00. The van der Waals surface area contributed by atoms with Crippen LogP contribution < -0.4 is 10.5 Å². The van der Waals surface area contributed by atoms with Crippen molar-refractivity contribution in [2.24, 2.45) is 5.73 Å². The number of alkyl halides is 3. The van der Waals surface area contributed by atoms with Crippen molar-refractivity contribution in [1.82, 2.24) is 0 Å². The van der Waals surface area contributed by atoms with E-state index in [1.54, 1.807) is 0 Å². The lowest BCUT2D eigenvalue weighted by Crippen LogP contribution is -2.24. The first-order valence-corrected chi connectivity index (χ1v) is 5.40. The van der Waals surface area contributed by atoms with Crippen molar-refractivity contribution in [3.8, 4) is 5.75 Å². The van der Waals surface area contributed by atoms with Crippen molar-refractivity contribution < 1.29 is 17.9 Å². The molecule has 0 radical (unpaired) electrons. The zero-order valence-corrected chi connectivity index (χ0v) is 9.82. The minimum atomic E-state index is -4.46. The molecule has 2 N–H and O–H groups in total. The zero-order valence-electron chi connectivity index (χ0n) is 9.07. The first kappa shape index (κ1) is 12.5. The molecule has 0 aromatic heterocycles. The van der Waals surface area contributed by atoms with Gasteiger partial charge in [-0.05, 0) is 30.5 Å². The van der Waals surface area contributed by atoms with E-state index in [4.69, 9.17) is 22.1 Å². The van der Waals surface area contributed by atoms with Crippen molar-refractivity contribution in [1.29, 1.82) is 0 Å². The largest absolute Gasteiger partial charge is 0.495 e.